The molecule has 7 atom stereocenters. The molecule has 0 bridgehead atoms. The summed E-state index contributed by atoms with van der Waals surface area (Å²) in [7, 11) is 0. The van der Waals surface area contributed by atoms with Crippen molar-refractivity contribution in [1.29, 1.82) is 0 Å². The number of H-pyrrole nitrogens is 1. The first kappa shape index (κ1) is 50.3. The van der Waals surface area contributed by atoms with Crippen LogP contribution >= 0.6 is 0 Å². The lowest BCUT2D eigenvalue weighted by Crippen LogP contribution is -2.60. The number of aromatic hydroxyl groups is 1. The molecule has 0 saturated carbocycles. The van der Waals surface area contributed by atoms with Gasteiger partial charge in [0.1, 0.15) is 42.0 Å². The van der Waals surface area contributed by atoms with Gasteiger partial charge < -0.3 is 73.9 Å². The van der Waals surface area contributed by atoms with Crippen LogP contribution < -0.4 is 43.4 Å². The molecule has 0 fully saturated rings. The maximum Gasteiger partial charge on any atom is 0.326 e. The Kier molecular flexibility index (Phi) is 18.2. The number of amides is 7. The molecule has 3 rings (SSSR count). The van der Waals surface area contributed by atoms with Gasteiger partial charge in [0.05, 0.1) is 31.7 Å². The number of para-hydroxylation sites is 1. The molecule has 0 saturated heterocycles. The number of carbonyl (C=O) groups is 11. The number of nitrogens with one attached hydrogen (secondary N) is 7. The fourth-order valence-electron chi connectivity index (χ4n) is 6.02. The highest BCUT2D eigenvalue weighted by Gasteiger charge is 2.36. The van der Waals surface area contributed by atoms with E-state index in [0.717, 1.165) is 0 Å². The van der Waals surface area contributed by atoms with Crippen LogP contribution in [0.2, 0.25) is 0 Å². The molecule has 0 unspecified atom stereocenters. The second-order valence-electron chi connectivity index (χ2n) is 14.4. The van der Waals surface area contributed by atoms with Gasteiger partial charge in [-0.15, -0.1) is 0 Å². The third-order valence-corrected chi connectivity index (χ3v) is 9.21. The van der Waals surface area contributed by atoms with Crippen LogP contribution in [0, 0.1) is 0 Å². The highest BCUT2D eigenvalue weighted by Crippen LogP contribution is 2.19. The van der Waals surface area contributed by atoms with Crippen molar-refractivity contribution < 1.29 is 78.3 Å². The predicted octanol–water partition coefficient (Wildman–Crippen LogP) is -3.70. The number of carboxylic acid groups (broad SMARTS) is 4. The molecule has 0 aliphatic rings. The highest BCUT2D eigenvalue weighted by molar-refractivity contribution is 6.00. The summed E-state index contributed by atoms with van der Waals surface area (Å²) < 4.78 is 0. The van der Waals surface area contributed by atoms with Gasteiger partial charge in [0.15, 0.2) is 0 Å². The fourth-order valence-corrected chi connectivity index (χ4v) is 6.02. The van der Waals surface area contributed by atoms with Crippen LogP contribution in [0.5, 0.6) is 5.75 Å². The third kappa shape index (κ3) is 15.7. The quantitative estimate of drug-likeness (QED) is 0.0389. The normalized spacial score (nSPS) is 14.2. The lowest BCUT2D eigenvalue weighted by atomic mass is 10.0. The Hall–Kier alpha value is -8.09. The van der Waals surface area contributed by atoms with Gasteiger partial charge in [0.2, 0.25) is 41.4 Å². The van der Waals surface area contributed by atoms with Crippen molar-refractivity contribution in [2.45, 2.75) is 87.7 Å². The van der Waals surface area contributed by atoms with Gasteiger partial charge in [-0.05, 0) is 36.2 Å². The number of hydrogen-bond acceptors (Lipinski definition) is 13. The molecular formula is C39H47N9O16. The molecule has 2 aromatic carbocycles. The van der Waals surface area contributed by atoms with Crippen LogP contribution in [0.15, 0.2) is 54.7 Å². The first-order chi connectivity index (χ1) is 30.0. The average molecular weight is 898 g/mol. The zero-order valence-corrected chi connectivity index (χ0v) is 33.9. The SMILES string of the molecule is C[C@H](N)C(=O)N[C@@H](CC(N)=O)C(=O)N[C@@H](Cc1ccc(O)cc1)C(=O)N[C@@H](CC(=O)O)C(=O)N[C@@H](CC(=O)O)C(=O)N[C@@H](CC(=O)O)C(=O)N[C@@H](Cc1c[nH]c2ccccc12)C(=O)O. The number of rotatable bonds is 25. The number of aliphatic carboxylic acids is 4. The average Bonchev–Trinajstić information content (AvgIpc) is 3.61. The molecule has 0 aliphatic carbocycles. The number of benzene rings is 2. The molecule has 7 amide bonds. The number of fused-ring (bicyclic) bond motifs is 1. The van der Waals surface area contributed by atoms with Gasteiger partial charge in [-0.2, -0.15) is 0 Å². The van der Waals surface area contributed by atoms with E-state index >= 15 is 0 Å². The topological polar surface area (TPSA) is 429 Å². The second kappa shape index (κ2) is 23.2. The van der Waals surface area contributed by atoms with Crippen LogP contribution in [0.4, 0.5) is 0 Å². The summed E-state index contributed by atoms with van der Waals surface area (Å²) in [6.45, 7) is 1.27. The van der Waals surface area contributed by atoms with E-state index < -0.39 is 140 Å². The number of primary amides is 1. The number of hydrogen-bond donors (Lipinski definition) is 14. The van der Waals surface area contributed by atoms with Crippen molar-refractivity contribution >= 4 is 76.1 Å². The Balaban J connectivity index is 1.87. The van der Waals surface area contributed by atoms with E-state index in [1.54, 1.807) is 24.3 Å². The summed E-state index contributed by atoms with van der Waals surface area (Å²) in [5.74, 6) is -15.5. The van der Waals surface area contributed by atoms with Crippen molar-refractivity contribution in [2.24, 2.45) is 11.5 Å². The lowest BCUT2D eigenvalue weighted by Gasteiger charge is -2.26. The monoisotopic (exact) mass is 897 g/mol. The molecule has 3 aromatic rings. The largest absolute Gasteiger partial charge is 0.508 e. The maximum atomic E-state index is 13.8. The lowest BCUT2D eigenvalue weighted by molar-refractivity contribution is -0.145. The Labute approximate surface area is 361 Å². The first-order valence-electron chi connectivity index (χ1n) is 19.1. The van der Waals surface area contributed by atoms with E-state index in [-0.39, 0.29) is 17.7 Å². The van der Waals surface area contributed by atoms with E-state index in [2.05, 4.69) is 26.3 Å². The molecule has 64 heavy (non-hydrogen) atoms. The number of nitrogens with two attached hydrogens (primary N) is 2. The summed E-state index contributed by atoms with van der Waals surface area (Å²) in [5, 5.41) is 61.6. The smallest absolute Gasteiger partial charge is 0.326 e. The zero-order chi connectivity index (χ0) is 47.8. The number of carbonyl (C=O) groups excluding carboxylic acids is 7. The predicted molar refractivity (Wildman–Crippen MR) is 217 cm³/mol. The Bertz CT molecular complexity index is 2260. The zero-order valence-electron chi connectivity index (χ0n) is 33.9. The molecular weight excluding hydrogens is 850 g/mol. The van der Waals surface area contributed by atoms with Crippen LogP contribution in [0.1, 0.15) is 43.7 Å². The maximum absolute atomic E-state index is 13.8. The van der Waals surface area contributed by atoms with Crippen LogP contribution in [-0.2, 0) is 65.6 Å². The first-order valence-corrected chi connectivity index (χ1v) is 19.1. The number of aromatic nitrogens is 1. The van der Waals surface area contributed by atoms with Gasteiger partial charge in [0, 0.05) is 29.9 Å². The minimum Gasteiger partial charge on any atom is -0.508 e. The molecule has 1 heterocycles. The van der Waals surface area contributed by atoms with Gasteiger partial charge in [-0.1, -0.05) is 30.3 Å². The number of phenols is 1. The van der Waals surface area contributed by atoms with E-state index in [0.29, 0.717) is 16.5 Å². The fraction of sp³-hybridized carbons (Fsp3) is 0.359. The van der Waals surface area contributed by atoms with Crippen LogP contribution in [0.3, 0.4) is 0 Å². The molecule has 25 heteroatoms. The molecule has 0 spiro atoms. The number of carboxylic acids is 4. The summed E-state index contributed by atoms with van der Waals surface area (Å²) in [6.07, 6.45) is -3.62. The van der Waals surface area contributed by atoms with Crippen molar-refractivity contribution in [3.05, 3.63) is 65.9 Å². The molecule has 25 nitrogen and oxygen atoms in total. The third-order valence-electron chi connectivity index (χ3n) is 9.21. The van der Waals surface area contributed by atoms with E-state index in [4.69, 9.17) is 11.5 Å². The van der Waals surface area contributed by atoms with Gasteiger partial charge in [-0.25, -0.2) is 4.79 Å². The molecule has 0 aliphatic heterocycles. The summed E-state index contributed by atoms with van der Waals surface area (Å²) in [6, 6.07) is -0.691. The van der Waals surface area contributed by atoms with Gasteiger partial charge in [0.25, 0.3) is 0 Å². The van der Waals surface area contributed by atoms with Crippen molar-refractivity contribution in [3.63, 3.8) is 0 Å². The molecule has 1 aromatic heterocycles. The Morgan fingerprint density at radius 3 is 1.39 bits per heavy atom. The standard InChI is InChI=1S/C39H47N9O16/c1-17(40)33(57)43-24(12-29(41)50)35(59)44-23(10-18-6-8-20(49)9-7-18)34(58)45-25(13-30(51)52)36(60)46-26(14-31(53)54)37(61)47-27(15-32(55)56)38(62)48-28(39(63)64)11-19-16-42-22-5-3-2-4-21(19)22/h2-9,16-17,23-28,42,49H,10-15,40H2,1H3,(H2,41,50)(H,43,57)(H,44,59)(H,45,58)(H,46,60)(H,47,61)(H,48,62)(H,51,52)(H,53,54)(H,55,56)(H,63,64)/t17-,23-,24-,25-,26-,27-,28-/m0/s1. The van der Waals surface area contributed by atoms with Crippen molar-refractivity contribution in [1.82, 2.24) is 36.9 Å². The summed E-state index contributed by atoms with van der Waals surface area (Å²) in [5.41, 5.74) is 12.2. The summed E-state index contributed by atoms with van der Waals surface area (Å²) in [4.78, 5) is 142. The summed E-state index contributed by atoms with van der Waals surface area (Å²) >= 11 is 0. The Morgan fingerprint density at radius 2 is 0.953 bits per heavy atom. The number of aromatic amines is 1. The Morgan fingerprint density at radius 1 is 0.547 bits per heavy atom. The van der Waals surface area contributed by atoms with Crippen molar-refractivity contribution in [3.8, 4) is 5.75 Å². The van der Waals surface area contributed by atoms with E-state index in [1.807, 2.05) is 10.6 Å². The highest BCUT2D eigenvalue weighted by atomic mass is 16.4. The molecule has 0 radical (unpaired) electrons. The molecule has 344 valence electrons. The van der Waals surface area contributed by atoms with Crippen LogP contribution in [0.25, 0.3) is 10.9 Å². The van der Waals surface area contributed by atoms with E-state index in [1.165, 1.54) is 37.4 Å². The van der Waals surface area contributed by atoms with Gasteiger partial charge >= 0.3 is 23.9 Å². The number of phenolic OH excluding ortho intramolecular Hbond substituents is 1. The van der Waals surface area contributed by atoms with Gasteiger partial charge in [-0.3, -0.25) is 47.9 Å². The molecule has 16 N–H and O–H groups in total. The van der Waals surface area contributed by atoms with Crippen molar-refractivity contribution in [2.75, 3.05) is 0 Å². The minimum atomic E-state index is -2.18. The second-order valence-corrected chi connectivity index (χ2v) is 14.4. The minimum absolute atomic E-state index is 0.187. The van der Waals surface area contributed by atoms with E-state index in [9.17, 15) is 78.3 Å². The van der Waals surface area contributed by atoms with Crippen LogP contribution in [-0.4, -0.2) is 138 Å².